The second-order valence-corrected chi connectivity index (χ2v) is 6.65. The van der Waals surface area contributed by atoms with Crippen molar-refractivity contribution in [1.82, 2.24) is 9.55 Å². The Hall–Kier alpha value is -1.29. The summed E-state index contributed by atoms with van der Waals surface area (Å²) in [5.41, 5.74) is -2.39. The Balaban J connectivity index is 2.23. The lowest BCUT2D eigenvalue weighted by Crippen LogP contribution is -2.37. The highest BCUT2D eigenvalue weighted by Gasteiger charge is 2.45. The first kappa shape index (κ1) is 17.1. The van der Waals surface area contributed by atoms with Crippen molar-refractivity contribution in [2.75, 3.05) is 6.61 Å². The first-order valence-electron chi connectivity index (χ1n) is 6.39. The Morgan fingerprint density at radius 2 is 2.18 bits per heavy atom. The Bertz CT molecular complexity index is 718. The lowest BCUT2D eigenvalue weighted by atomic mass is 9.98. The number of nitrogens with zero attached hydrogens (tertiary/aromatic N) is 1. The molecule has 0 radical (unpaired) electrons. The normalized spacial score (nSPS) is 29.0. The van der Waals surface area contributed by atoms with Gasteiger partial charge in [-0.25, -0.2) is 9.36 Å². The largest absolute Gasteiger partial charge is 0.469 e. The quantitative estimate of drug-likeness (QED) is 0.511. The van der Waals surface area contributed by atoms with Gasteiger partial charge in [0.05, 0.1) is 12.2 Å². The average Bonchev–Trinajstić information content (AvgIpc) is 2.65. The number of phosphoric acid groups is 1. The molecule has 11 heteroatoms. The molecule has 1 saturated heterocycles. The van der Waals surface area contributed by atoms with Crippen molar-refractivity contribution in [3.63, 3.8) is 0 Å². The summed E-state index contributed by atoms with van der Waals surface area (Å²) in [5, 5.41) is 10.3. The van der Waals surface area contributed by atoms with E-state index in [2.05, 4.69) is 9.51 Å². The fourth-order valence-corrected chi connectivity index (χ4v) is 2.55. The van der Waals surface area contributed by atoms with Crippen LogP contribution < -0.4 is 11.2 Å². The number of aliphatic hydroxyl groups is 1. The number of rotatable bonds is 4. The maximum absolute atomic E-state index is 11.8. The zero-order valence-electron chi connectivity index (χ0n) is 11.9. The fraction of sp³-hybridized carbons (Fsp3) is 0.636. The third-order valence-corrected chi connectivity index (χ3v) is 3.94. The maximum atomic E-state index is 11.8. The third kappa shape index (κ3) is 3.72. The standard InChI is InChI=1S/C11H17N2O8P/c1-6-4-13(10(15)12-9(6)14)8-3-11(2,16)7(21-8)5-20-22(17,18)19/h4,7-8,16H,3,5H2,1-2H3,(H,12,14,15)(H2,17,18,19)/t7-,8-,11+/m1/s1. The minimum atomic E-state index is -4.70. The van der Waals surface area contributed by atoms with Crippen LogP contribution in [0.1, 0.15) is 25.1 Å². The van der Waals surface area contributed by atoms with Gasteiger partial charge in [0.25, 0.3) is 5.56 Å². The molecular weight excluding hydrogens is 319 g/mol. The molecule has 0 spiro atoms. The highest BCUT2D eigenvalue weighted by molar-refractivity contribution is 7.46. The molecule has 22 heavy (non-hydrogen) atoms. The van der Waals surface area contributed by atoms with E-state index in [0.717, 1.165) is 4.57 Å². The molecule has 0 unspecified atom stereocenters. The Morgan fingerprint density at radius 1 is 1.55 bits per heavy atom. The van der Waals surface area contributed by atoms with Gasteiger partial charge in [-0.3, -0.25) is 18.9 Å². The number of hydrogen-bond donors (Lipinski definition) is 4. The second-order valence-electron chi connectivity index (χ2n) is 5.41. The molecule has 0 aliphatic carbocycles. The van der Waals surface area contributed by atoms with Crippen LogP contribution in [0.2, 0.25) is 0 Å². The van der Waals surface area contributed by atoms with Crippen LogP contribution in [-0.4, -0.2) is 42.8 Å². The maximum Gasteiger partial charge on any atom is 0.469 e. The molecular formula is C11H17N2O8P. The van der Waals surface area contributed by atoms with Crippen molar-refractivity contribution in [3.8, 4) is 0 Å². The summed E-state index contributed by atoms with van der Waals surface area (Å²) in [6, 6.07) is 0. The van der Waals surface area contributed by atoms with Crippen LogP contribution in [0.3, 0.4) is 0 Å². The third-order valence-electron chi connectivity index (χ3n) is 3.45. The molecule has 0 amide bonds. The van der Waals surface area contributed by atoms with Crippen molar-refractivity contribution < 1.29 is 28.7 Å². The van der Waals surface area contributed by atoms with Crippen LogP contribution in [-0.2, 0) is 13.8 Å². The van der Waals surface area contributed by atoms with Gasteiger partial charge in [0.2, 0.25) is 0 Å². The fourth-order valence-electron chi connectivity index (χ4n) is 2.22. The molecule has 2 rings (SSSR count). The highest BCUT2D eigenvalue weighted by atomic mass is 31.2. The SMILES string of the molecule is Cc1cn([C@H]2C[C@](C)(O)[C@@H](COP(=O)(O)O)O2)c(=O)[nH]c1=O. The molecule has 1 fully saturated rings. The van der Waals surface area contributed by atoms with Gasteiger partial charge < -0.3 is 19.6 Å². The summed E-state index contributed by atoms with van der Waals surface area (Å²) in [7, 11) is -4.70. The molecule has 3 atom stereocenters. The second kappa shape index (κ2) is 5.73. The van der Waals surface area contributed by atoms with E-state index in [0.29, 0.717) is 0 Å². The monoisotopic (exact) mass is 336 g/mol. The topological polar surface area (TPSA) is 151 Å². The van der Waals surface area contributed by atoms with Gasteiger partial charge in [-0.15, -0.1) is 0 Å². The molecule has 1 aromatic heterocycles. The summed E-state index contributed by atoms with van der Waals surface area (Å²) in [6.45, 7) is 2.38. The van der Waals surface area contributed by atoms with Crippen molar-refractivity contribution in [1.29, 1.82) is 0 Å². The summed E-state index contributed by atoms with van der Waals surface area (Å²) < 4.78 is 21.6. The van der Waals surface area contributed by atoms with E-state index < -0.39 is 43.6 Å². The minimum Gasteiger partial charge on any atom is -0.387 e. The van der Waals surface area contributed by atoms with E-state index >= 15 is 0 Å². The number of nitrogens with one attached hydrogen (secondary N) is 1. The lowest BCUT2D eigenvalue weighted by molar-refractivity contribution is -0.0740. The predicted octanol–water partition coefficient (Wildman–Crippen LogP) is -1.01. The number of hydrogen-bond acceptors (Lipinski definition) is 6. The van der Waals surface area contributed by atoms with Crippen molar-refractivity contribution in [3.05, 3.63) is 32.6 Å². The molecule has 1 aliphatic rings. The smallest absolute Gasteiger partial charge is 0.387 e. The van der Waals surface area contributed by atoms with Gasteiger partial charge in [0, 0.05) is 18.2 Å². The van der Waals surface area contributed by atoms with Crippen molar-refractivity contribution in [2.45, 2.75) is 38.2 Å². The van der Waals surface area contributed by atoms with Crippen molar-refractivity contribution in [2.24, 2.45) is 0 Å². The first-order chi connectivity index (χ1) is 9.99. The Labute approximate surface area is 124 Å². The van der Waals surface area contributed by atoms with E-state index in [9.17, 15) is 19.3 Å². The van der Waals surface area contributed by atoms with Crippen LogP contribution in [0.15, 0.2) is 15.8 Å². The summed E-state index contributed by atoms with van der Waals surface area (Å²) in [6.07, 6.45) is -0.630. The average molecular weight is 336 g/mol. The van der Waals surface area contributed by atoms with Crippen LogP contribution in [0.25, 0.3) is 0 Å². The first-order valence-corrected chi connectivity index (χ1v) is 7.92. The number of aromatic nitrogens is 2. The van der Waals surface area contributed by atoms with Gasteiger partial charge in [-0.2, -0.15) is 0 Å². The van der Waals surface area contributed by atoms with Crippen LogP contribution in [0.4, 0.5) is 0 Å². The van der Waals surface area contributed by atoms with E-state index in [1.54, 1.807) is 0 Å². The van der Waals surface area contributed by atoms with Crippen LogP contribution in [0.5, 0.6) is 0 Å². The zero-order chi connectivity index (χ0) is 16.7. The van der Waals surface area contributed by atoms with Crippen LogP contribution in [0, 0.1) is 6.92 Å². The Kier molecular flexibility index (Phi) is 4.44. The van der Waals surface area contributed by atoms with Gasteiger partial charge in [-0.1, -0.05) is 0 Å². The summed E-state index contributed by atoms with van der Waals surface area (Å²) in [5.74, 6) is 0. The number of H-pyrrole nitrogens is 1. The molecule has 0 aromatic carbocycles. The molecule has 2 heterocycles. The molecule has 0 bridgehead atoms. The summed E-state index contributed by atoms with van der Waals surface area (Å²) in [4.78, 5) is 42.7. The molecule has 1 aromatic rings. The number of aromatic amines is 1. The van der Waals surface area contributed by atoms with Gasteiger partial charge in [0.15, 0.2) is 0 Å². The lowest BCUT2D eigenvalue weighted by Gasteiger charge is -2.23. The number of ether oxygens (including phenoxy) is 1. The number of phosphoric ester groups is 1. The molecule has 124 valence electrons. The summed E-state index contributed by atoms with van der Waals surface area (Å²) >= 11 is 0. The van der Waals surface area contributed by atoms with E-state index in [1.165, 1.54) is 20.0 Å². The molecule has 0 saturated carbocycles. The molecule has 1 aliphatic heterocycles. The van der Waals surface area contributed by atoms with E-state index in [1.807, 2.05) is 0 Å². The van der Waals surface area contributed by atoms with Gasteiger partial charge in [0.1, 0.15) is 12.3 Å². The Morgan fingerprint density at radius 3 is 2.77 bits per heavy atom. The molecule has 10 nitrogen and oxygen atoms in total. The van der Waals surface area contributed by atoms with Crippen molar-refractivity contribution >= 4 is 7.82 Å². The highest BCUT2D eigenvalue weighted by Crippen LogP contribution is 2.41. The number of aryl methyl sites for hydroxylation is 1. The zero-order valence-corrected chi connectivity index (χ0v) is 12.8. The van der Waals surface area contributed by atoms with Gasteiger partial charge in [-0.05, 0) is 13.8 Å². The van der Waals surface area contributed by atoms with E-state index in [-0.39, 0.29) is 12.0 Å². The van der Waals surface area contributed by atoms with Crippen LogP contribution >= 0.6 is 7.82 Å². The molecule has 4 N–H and O–H groups in total. The minimum absolute atomic E-state index is 0.00637. The van der Waals surface area contributed by atoms with E-state index in [4.69, 9.17) is 14.5 Å². The predicted molar refractivity (Wildman–Crippen MR) is 73.2 cm³/mol. The van der Waals surface area contributed by atoms with Gasteiger partial charge >= 0.3 is 13.5 Å².